The predicted molar refractivity (Wildman–Crippen MR) is 92.7 cm³/mol. The van der Waals surface area contributed by atoms with Crippen LogP contribution in [0.1, 0.15) is 22.5 Å². The maximum absolute atomic E-state index is 12.8. The molecule has 2 aliphatic rings. The number of β-amino-alcohol motifs (C(OH)–C–C–N with tert-alkyl or cyclic N) is 1. The molecule has 0 unspecified atom stereocenters. The molecule has 0 spiro atoms. The summed E-state index contributed by atoms with van der Waals surface area (Å²) < 4.78 is 7.23. The fourth-order valence-electron chi connectivity index (χ4n) is 3.70. The number of morpholine rings is 1. The first-order valence-electron chi connectivity index (χ1n) is 8.80. The molecule has 25 heavy (non-hydrogen) atoms. The number of fused-ring (bicyclic) bond motifs is 1. The van der Waals surface area contributed by atoms with Crippen molar-refractivity contribution in [2.75, 3.05) is 45.9 Å². The third-order valence-corrected chi connectivity index (χ3v) is 5.06. The SMILES string of the molecule is Cc1ccc2nc(C(=O)N3CC[C@@](O)(CN4CCOCC4)C3)cn2c1. The topological polar surface area (TPSA) is 70.3 Å². The highest BCUT2D eigenvalue weighted by molar-refractivity contribution is 5.93. The molecule has 2 saturated heterocycles. The smallest absolute Gasteiger partial charge is 0.274 e. The Balaban J connectivity index is 1.45. The van der Waals surface area contributed by atoms with Gasteiger partial charge in [-0.05, 0) is 25.0 Å². The Morgan fingerprint density at radius 1 is 1.28 bits per heavy atom. The lowest BCUT2D eigenvalue weighted by molar-refractivity contribution is -0.0257. The molecule has 7 heteroatoms. The Morgan fingerprint density at radius 3 is 2.88 bits per heavy atom. The van der Waals surface area contributed by atoms with Crippen molar-refractivity contribution in [1.29, 1.82) is 0 Å². The number of aliphatic hydroxyl groups is 1. The van der Waals surface area contributed by atoms with Crippen LogP contribution in [0.25, 0.3) is 5.65 Å². The second-order valence-corrected chi connectivity index (χ2v) is 7.19. The van der Waals surface area contributed by atoms with Gasteiger partial charge in [-0.25, -0.2) is 4.98 Å². The molecule has 1 N–H and O–H groups in total. The Kier molecular flexibility index (Phi) is 4.23. The lowest BCUT2D eigenvalue weighted by atomic mass is 10.0. The maximum atomic E-state index is 12.8. The second kappa shape index (κ2) is 6.40. The average Bonchev–Trinajstić information content (AvgIpc) is 3.18. The van der Waals surface area contributed by atoms with E-state index in [0.717, 1.165) is 24.3 Å². The monoisotopic (exact) mass is 344 g/mol. The first kappa shape index (κ1) is 16.5. The third kappa shape index (κ3) is 3.40. The van der Waals surface area contributed by atoms with Crippen molar-refractivity contribution < 1.29 is 14.6 Å². The van der Waals surface area contributed by atoms with Crippen LogP contribution in [0.2, 0.25) is 0 Å². The number of aryl methyl sites for hydroxylation is 1. The number of rotatable bonds is 3. The molecule has 1 atom stereocenters. The van der Waals surface area contributed by atoms with Crippen LogP contribution in [0.3, 0.4) is 0 Å². The molecule has 1 amide bonds. The van der Waals surface area contributed by atoms with Crippen LogP contribution in [-0.4, -0.2) is 81.7 Å². The molecule has 2 aromatic rings. The molecule has 2 aromatic heterocycles. The highest BCUT2D eigenvalue weighted by Gasteiger charge is 2.40. The molecule has 0 bridgehead atoms. The first-order valence-corrected chi connectivity index (χ1v) is 8.80. The minimum absolute atomic E-state index is 0.112. The van der Waals surface area contributed by atoms with Crippen molar-refractivity contribution in [3.8, 4) is 0 Å². The van der Waals surface area contributed by atoms with E-state index in [4.69, 9.17) is 4.74 Å². The second-order valence-electron chi connectivity index (χ2n) is 7.19. The van der Waals surface area contributed by atoms with Crippen molar-refractivity contribution in [2.24, 2.45) is 0 Å². The number of aromatic nitrogens is 2. The van der Waals surface area contributed by atoms with Crippen molar-refractivity contribution in [1.82, 2.24) is 19.2 Å². The summed E-state index contributed by atoms with van der Waals surface area (Å²) in [5, 5.41) is 10.9. The largest absolute Gasteiger partial charge is 0.387 e. The molecule has 4 heterocycles. The maximum Gasteiger partial charge on any atom is 0.274 e. The zero-order valence-corrected chi connectivity index (χ0v) is 14.5. The average molecular weight is 344 g/mol. The zero-order valence-electron chi connectivity index (χ0n) is 14.5. The summed E-state index contributed by atoms with van der Waals surface area (Å²) in [5.41, 5.74) is 1.46. The molecule has 0 radical (unpaired) electrons. The number of ether oxygens (including phenoxy) is 1. The van der Waals surface area contributed by atoms with Crippen LogP contribution in [-0.2, 0) is 4.74 Å². The van der Waals surface area contributed by atoms with Gasteiger partial charge in [0.25, 0.3) is 5.91 Å². The molecular weight excluding hydrogens is 320 g/mol. The molecule has 7 nitrogen and oxygen atoms in total. The van der Waals surface area contributed by atoms with E-state index in [1.54, 1.807) is 11.1 Å². The molecule has 4 rings (SSSR count). The Bertz CT molecular complexity index is 784. The fraction of sp³-hybridized carbons (Fsp3) is 0.556. The van der Waals surface area contributed by atoms with E-state index >= 15 is 0 Å². The van der Waals surface area contributed by atoms with Crippen molar-refractivity contribution in [3.05, 3.63) is 35.8 Å². The van der Waals surface area contributed by atoms with Gasteiger partial charge in [-0.3, -0.25) is 9.69 Å². The van der Waals surface area contributed by atoms with Crippen LogP contribution in [0.4, 0.5) is 0 Å². The van der Waals surface area contributed by atoms with Gasteiger partial charge in [-0.2, -0.15) is 0 Å². The number of hydrogen-bond acceptors (Lipinski definition) is 5. The first-order chi connectivity index (χ1) is 12.0. The van der Waals surface area contributed by atoms with Gasteiger partial charge in [0.2, 0.25) is 0 Å². The van der Waals surface area contributed by atoms with Gasteiger partial charge >= 0.3 is 0 Å². The van der Waals surface area contributed by atoms with Gasteiger partial charge in [-0.1, -0.05) is 6.07 Å². The lowest BCUT2D eigenvalue weighted by Crippen LogP contribution is -2.49. The van der Waals surface area contributed by atoms with Gasteiger partial charge in [0.1, 0.15) is 11.3 Å². The molecule has 0 saturated carbocycles. The molecule has 134 valence electrons. The van der Waals surface area contributed by atoms with Crippen LogP contribution >= 0.6 is 0 Å². The Labute approximate surface area is 146 Å². The van der Waals surface area contributed by atoms with Gasteiger partial charge in [-0.15, -0.1) is 0 Å². The number of nitrogens with zero attached hydrogens (tertiary/aromatic N) is 4. The van der Waals surface area contributed by atoms with Gasteiger partial charge < -0.3 is 19.1 Å². The normalized spacial score (nSPS) is 25.0. The molecule has 2 aliphatic heterocycles. The molecule has 0 aliphatic carbocycles. The van der Waals surface area contributed by atoms with E-state index in [0.29, 0.717) is 45.0 Å². The summed E-state index contributed by atoms with van der Waals surface area (Å²) in [4.78, 5) is 21.1. The van der Waals surface area contributed by atoms with Crippen LogP contribution in [0.15, 0.2) is 24.5 Å². The molecule has 0 aromatic carbocycles. The summed E-state index contributed by atoms with van der Waals surface area (Å²) in [5.74, 6) is -0.112. The van der Waals surface area contributed by atoms with E-state index in [9.17, 15) is 9.90 Å². The zero-order chi connectivity index (χ0) is 17.4. The van der Waals surface area contributed by atoms with E-state index in [-0.39, 0.29) is 5.91 Å². The number of imidazole rings is 1. The summed E-state index contributed by atoms with van der Waals surface area (Å²) >= 11 is 0. The number of pyridine rings is 1. The standard InChI is InChI=1S/C18H24N4O3/c1-14-2-3-16-19-15(11-22(16)10-14)17(23)21-5-4-18(24,13-21)12-20-6-8-25-9-7-20/h2-3,10-11,24H,4-9,12-13H2,1H3/t18-/m1/s1. The molecule has 2 fully saturated rings. The Morgan fingerprint density at radius 2 is 2.08 bits per heavy atom. The highest BCUT2D eigenvalue weighted by atomic mass is 16.5. The number of hydrogen-bond donors (Lipinski definition) is 1. The lowest BCUT2D eigenvalue weighted by Gasteiger charge is -2.33. The van der Waals surface area contributed by atoms with Crippen LogP contribution < -0.4 is 0 Å². The highest BCUT2D eigenvalue weighted by Crippen LogP contribution is 2.24. The number of carbonyl (C=O) groups excluding carboxylic acids is 1. The predicted octanol–water partition coefficient (Wildman–Crippen LogP) is 0.552. The van der Waals surface area contributed by atoms with Gasteiger partial charge in [0, 0.05) is 38.6 Å². The van der Waals surface area contributed by atoms with Gasteiger partial charge in [0.05, 0.1) is 25.4 Å². The third-order valence-electron chi connectivity index (χ3n) is 5.06. The number of amides is 1. The summed E-state index contributed by atoms with van der Waals surface area (Å²) in [6, 6.07) is 3.89. The summed E-state index contributed by atoms with van der Waals surface area (Å²) in [7, 11) is 0. The van der Waals surface area contributed by atoms with E-state index < -0.39 is 5.60 Å². The summed E-state index contributed by atoms with van der Waals surface area (Å²) in [6.45, 7) is 6.60. The van der Waals surface area contributed by atoms with E-state index in [1.807, 2.05) is 29.7 Å². The fourth-order valence-corrected chi connectivity index (χ4v) is 3.70. The molecular formula is C18H24N4O3. The van der Waals surface area contributed by atoms with E-state index in [2.05, 4.69) is 9.88 Å². The van der Waals surface area contributed by atoms with Crippen molar-refractivity contribution in [2.45, 2.75) is 18.9 Å². The van der Waals surface area contributed by atoms with Crippen molar-refractivity contribution in [3.63, 3.8) is 0 Å². The van der Waals surface area contributed by atoms with Crippen LogP contribution in [0, 0.1) is 6.92 Å². The van der Waals surface area contributed by atoms with E-state index in [1.165, 1.54) is 0 Å². The number of likely N-dealkylation sites (tertiary alicyclic amines) is 1. The Hall–Kier alpha value is -1.96. The quantitative estimate of drug-likeness (QED) is 0.881. The number of carbonyl (C=O) groups is 1. The minimum Gasteiger partial charge on any atom is -0.387 e. The van der Waals surface area contributed by atoms with Crippen LogP contribution in [0.5, 0.6) is 0 Å². The van der Waals surface area contributed by atoms with Gasteiger partial charge in [0.15, 0.2) is 0 Å². The van der Waals surface area contributed by atoms with Crippen molar-refractivity contribution >= 4 is 11.6 Å². The summed E-state index contributed by atoms with van der Waals surface area (Å²) in [6.07, 6.45) is 4.32. The minimum atomic E-state index is -0.844.